The van der Waals surface area contributed by atoms with E-state index in [1.807, 2.05) is 60.7 Å². The molecule has 2 aromatic rings. The highest BCUT2D eigenvalue weighted by molar-refractivity contribution is 5.27. The summed E-state index contributed by atoms with van der Waals surface area (Å²) < 4.78 is 5.92. The van der Waals surface area contributed by atoms with Gasteiger partial charge in [-0.25, -0.2) is 0 Å². The van der Waals surface area contributed by atoms with Crippen molar-refractivity contribution in [2.75, 3.05) is 13.2 Å². The number of aliphatic hydroxyl groups excluding tert-OH is 1. The molecule has 1 saturated carbocycles. The van der Waals surface area contributed by atoms with Crippen molar-refractivity contribution >= 4 is 0 Å². The Morgan fingerprint density at radius 3 is 2.19 bits per heavy atom. The maximum atomic E-state index is 10.0. The van der Waals surface area contributed by atoms with Gasteiger partial charge < -0.3 is 9.84 Å². The van der Waals surface area contributed by atoms with Crippen molar-refractivity contribution in [2.45, 2.75) is 24.4 Å². The van der Waals surface area contributed by atoms with E-state index in [9.17, 15) is 5.11 Å². The summed E-state index contributed by atoms with van der Waals surface area (Å²) in [4.78, 5) is 0. The third kappa shape index (κ3) is 3.43. The largest absolute Gasteiger partial charge is 0.491 e. The average molecular weight is 283 g/mol. The van der Waals surface area contributed by atoms with Gasteiger partial charge in [-0.15, -0.1) is 0 Å². The number of hydrogen-bond acceptors (Lipinski definition) is 3. The molecular formula is C18H21NO2. The first-order chi connectivity index (χ1) is 10.3. The third-order valence-electron chi connectivity index (χ3n) is 3.88. The summed E-state index contributed by atoms with van der Waals surface area (Å²) in [7, 11) is 0. The number of rotatable bonds is 7. The van der Waals surface area contributed by atoms with E-state index in [1.165, 1.54) is 12.8 Å². The van der Waals surface area contributed by atoms with E-state index < -0.39 is 5.54 Å². The molecule has 1 unspecified atom stereocenters. The zero-order valence-electron chi connectivity index (χ0n) is 12.0. The van der Waals surface area contributed by atoms with Gasteiger partial charge >= 0.3 is 0 Å². The van der Waals surface area contributed by atoms with Crippen LogP contribution in [0.1, 0.15) is 18.4 Å². The van der Waals surface area contributed by atoms with Crippen LogP contribution in [0.5, 0.6) is 5.75 Å². The number of aliphatic hydroxyl groups is 1. The Morgan fingerprint density at radius 1 is 1.00 bits per heavy atom. The van der Waals surface area contributed by atoms with E-state index in [-0.39, 0.29) is 6.61 Å². The van der Waals surface area contributed by atoms with Crippen molar-refractivity contribution in [1.82, 2.24) is 5.32 Å². The van der Waals surface area contributed by atoms with Gasteiger partial charge in [-0.05, 0) is 30.5 Å². The first kappa shape index (κ1) is 14.1. The second-order valence-corrected chi connectivity index (χ2v) is 5.63. The van der Waals surface area contributed by atoms with Gasteiger partial charge in [-0.3, -0.25) is 5.32 Å². The summed E-state index contributed by atoms with van der Waals surface area (Å²) in [5.41, 5.74) is 0.522. The minimum Gasteiger partial charge on any atom is -0.491 e. The summed E-state index contributed by atoms with van der Waals surface area (Å²) in [6.07, 6.45) is 2.33. The highest BCUT2D eigenvalue weighted by atomic mass is 16.5. The molecule has 1 fully saturated rings. The summed E-state index contributed by atoms with van der Waals surface area (Å²) in [6, 6.07) is 20.3. The van der Waals surface area contributed by atoms with Crippen molar-refractivity contribution in [3.63, 3.8) is 0 Å². The Labute approximate surface area is 125 Å². The van der Waals surface area contributed by atoms with Crippen LogP contribution in [-0.2, 0) is 5.54 Å². The van der Waals surface area contributed by atoms with Gasteiger partial charge in [0.15, 0.2) is 0 Å². The fourth-order valence-electron chi connectivity index (χ4n) is 2.49. The lowest BCUT2D eigenvalue weighted by molar-refractivity contribution is 0.0992. The van der Waals surface area contributed by atoms with Crippen molar-refractivity contribution in [3.8, 4) is 5.75 Å². The fraction of sp³-hybridized carbons (Fsp3) is 0.333. The van der Waals surface area contributed by atoms with Crippen LogP contribution in [0, 0.1) is 0 Å². The third-order valence-corrected chi connectivity index (χ3v) is 3.88. The van der Waals surface area contributed by atoms with E-state index >= 15 is 0 Å². The van der Waals surface area contributed by atoms with Crippen LogP contribution >= 0.6 is 0 Å². The molecular weight excluding hydrogens is 262 g/mol. The molecule has 1 aliphatic carbocycles. The molecule has 0 aromatic heterocycles. The quantitative estimate of drug-likeness (QED) is 0.821. The maximum Gasteiger partial charge on any atom is 0.119 e. The van der Waals surface area contributed by atoms with E-state index in [4.69, 9.17) is 4.74 Å². The average Bonchev–Trinajstić information content (AvgIpc) is 3.37. The smallest absolute Gasteiger partial charge is 0.119 e. The van der Waals surface area contributed by atoms with Gasteiger partial charge in [0, 0.05) is 6.04 Å². The van der Waals surface area contributed by atoms with E-state index in [2.05, 4.69) is 5.32 Å². The van der Waals surface area contributed by atoms with E-state index in [0.717, 1.165) is 11.3 Å². The molecule has 1 atom stereocenters. The Balaban J connectivity index is 1.81. The lowest BCUT2D eigenvalue weighted by Gasteiger charge is -2.33. The first-order valence-corrected chi connectivity index (χ1v) is 7.44. The molecule has 21 heavy (non-hydrogen) atoms. The molecule has 0 radical (unpaired) electrons. The first-order valence-electron chi connectivity index (χ1n) is 7.44. The molecule has 2 N–H and O–H groups in total. The molecule has 0 aliphatic heterocycles. The number of para-hydroxylation sites is 1. The van der Waals surface area contributed by atoms with Crippen LogP contribution < -0.4 is 10.1 Å². The van der Waals surface area contributed by atoms with Gasteiger partial charge in [0.1, 0.15) is 17.9 Å². The monoisotopic (exact) mass is 283 g/mol. The number of ether oxygens (including phenoxy) is 1. The summed E-state index contributed by atoms with van der Waals surface area (Å²) in [5.74, 6) is 0.823. The second kappa shape index (κ2) is 6.29. The minimum atomic E-state index is -0.543. The highest BCUT2D eigenvalue weighted by Gasteiger charge is 2.38. The zero-order valence-corrected chi connectivity index (χ0v) is 12.0. The Hall–Kier alpha value is -1.84. The van der Waals surface area contributed by atoms with Crippen LogP contribution in [0.3, 0.4) is 0 Å². The number of nitrogens with one attached hydrogen (secondary N) is 1. The molecule has 1 aliphatic rings. The van der Waals surface area contributed by atoms with Gasteiger partial charge in [-0.1, -0.05) is 48.5 Å². The molecule has 0 saturated heterocycles. The predicted molar refractivity (Wildman–Crippen MR) is 83.3 cm³/mol. The summed E-state index contributed by atoms with van der Waals surface area (Å²) in [6.45, 7) is 0.425. The van der Waals surface area contributed by atoms with Crippen molar-refractivity contribution in [2.24, 2.45) is 0 Å². The summed E-state index contributed by atoms with van der Waals surface area (Å²) >= 11 is 0. The van der Waals surface area contributed by atoms with Crippen LogP contribution in [0.25, 0.3) is 0 Å². The molecule has 0 amide bonds. The summed E-state index contributed by atoms with van der Waals surface area (Å²) in [5, 5.41) is 13.6. The topological polar surface area (TPSA) is 41.5 Å². The van der Waals surface area contributed by atoms with Crippen LogP contribution in [0.4, 0.5) is 0 Å². The van der Waals surface area contributed by atoms with Crippen LogP contribution in [0.15, 0.2) is 60.7 Å². The SMILES string of the molecule is OCC(COc1ccccc1)(NC1CC1)c1ccccc1. The predicted octanol–water partition coefficient (Wildman–Crippen LogP) is 2.71. The fourth-order valence-corrected chi connectivity index (χ4v) is 2.49. The van der Waals surface area contributed by atoms with E-state index in [1.54, 1.807) is 0 Å². The number of hydrogen-bond donors (Lipinski definition) is 2. The normalized spacial score (nSPS) is 17.2. The lowest BCUT2D eigenvalue weighted by Crippen LogP contribution is -2.51. The van der Waals surface area contributed by atoms with Gasteiger partial charge in [0.2, 0.25) is 0 Å². The lowest BCUT2D eigenvalue weighted by atomic mass is 9.91. The van der Waals surface area contributed by atoms with Crippen molar-refractivity contribution < 1.29 is 9.84 Å². The molecule has 2 aromatic carbocycles. The van der Waals surface area contributed by atoms with E-state index in [0.29, 0.717) is 12.6 Å². The maximum absolute atomic E-state index is 10.0. The van der Waals surface area contributed by atoms with Crippen molar-refractivity contribution in [1.29, 1.82) is 0 Å². The number of benzene rings is 2. The molecule has 0 spiro atoms. The van der Waals surface area contributed by atoms with Crippen LogP contribution in [0.2, 0.25) is 0 Å². The molecule has 3 rings (SSSR count). The Morgan fingerprint density at radius 2 is 1.62 bits per heavy atom. The van der Waals surface area contributed by atoms with Gasteiger partial charge in [0.25, 0.3) is 0 Å². The highest BCUT2D eigenvalue weighted by Crippen LogP contribution is 2.29. The van der Waals surface area contributed by atoms with Gasteiger partial charge in [0.05, 0.1) is 6.61 Å². The molecule has 3 nitrogen and oxygen atoms in total. The molecule has 3 heteroatoms. The minimum absolute atomic E-state index is 0.0142. The van der Waals surface area contributed by atoms with Crippen LogP contribution in [-0.4, -0.2) is 24.4 Å². The Bertz CT molecular complexity index is 554. The second-order valence-electron chi connectivity index (χ2n) is 5.63. The molecule has 0 heterocycles. The standard InChI is InChI=1S/C18H21NO2/c20-13-18(19-16-11-12-16,15-7-3-1-4-8-15)14-21-17-9-5-2-6-10-17/h1-10,16,19-20H,11-14H2. The Kier molecular flexibility index (Phi) is 4.23. The molecule has 0 bridgehead atoms. The zero-order chi connectivity index (χ0) is 14.5. The van der Waals surface area contributed by atoms with Gasteiger partial charge in [-0.2, -0.15) is 0 Å². The molecule has 110 valence electrons. The van der Waals surface area contributed by atoms with Crippen molar-refractivity contribution in [3.05, 3.63) is 66.2 Å².